The fraction of sp³-hybridized carbons (Fsp3) is 0.333. The van der Waals surface area contributed by atoms with Crippen molar-refractivity contribution in [3.05, 3.63) is 48.2 Å². The van der Waals surface area contributed by atoms with Crippen molar-refractivity contribution in [1.29, 1.82) is 0 Å². The molecule has 0 bridgehead atoms. The molecule has 2 amide bonds. The Kier molecular flexibility index (Phi) is 5.23. The number of urea groups is 1. The molecule has 1 aromatic carbocycles. The standard InChI is InChI=1S/C18H22N4O3/c1-22(2)17-13(6-5-9-19-17)10-20-18(23)21-11-14-12-24-15-7-3-4-8-16(15)25-14/h3-9,14H,10-12H2,1-2H3,(H2,20,21,23)/t14-/m0/s1. The molecule has 2 N–H and O–H groups in total. The molecule has 0 spiro atoms. The van der Waals surface area contributed by atoms with E-state index in [1.54, 1.807) is 6.20 Å². The van der Waals surface area contributed by atoms with Gasteiger partial charge in [-0.05, 0) is 18.2 Å². The van der Waals surface area contributed by atoms with Crippen LogP contribution in [0, 0.1) is 0 Å². The van der Waals surface area contributed by atoms with Gasteiger partial charge < -0.3 is 25.0 Å². The van der Waals surface area contributed by atoms with Crippen LogP contribution in [0.4, 0.5) is 10.6 Å². The molecule has 25 heavy (non-hydrogen) atoms. The Labute approximate surface area is 147 Å². The van der Waals surface area contributed by atoms with Crippen LogP contribution in [-0.4, -0.2) is 44.4 Å². The van der Waals surface area contributed by atoms with Crippen LogP contribution in [0.3, 0.4) is 0 Å². The third kappa shape index (κ3) is 4.32. The van der Waals surface area contributed by atoms with Gasteiger partial charge in [0.05, 0.1) is 6.54 Å². The lowest BCUT2D eigenvalue weighted by molar-refractivity contribution is 0.0918. The molecule has 0 unspecified atom stereocenters. The predicted molar refractivity (Wildman–Crippen MR) is 95.2 cm³/mol. The van der Waals surface area contributed by atoms with Crippen molar-refractivity contribution in [2.24, 2.45) is 0 Å². The smallest absolute Gasteiger partial charge is 0.315 e. The summed E-state index contributed by atoms with van der Waals surface area (Å²) in [6.45, 7) is 1.18. The van der Waals surface area contributed by atoms with Gasteiger partial charge in [-0.25, -0.2) is 9.78 Å². The number of carbonyl (C=O) groups is 1. The molecule has 0 saturated carbocycles. The fourth-order valence-electron chi connectivity index (χ4n) is 2.58. The number of rotatable bonds is 5. The van der Waals surface area contributed by atoms with Crippen LogP contribution in [0.2, 0.25) is 0 Å². The summed E-state index contributed by atoms with van der Waals surface area (Å²) in [7, 11) is 3.84. The molecule has 132 valence electrons. The Morgan fingerprint density at radius 1 is 1.20 bits per heavy atom. The van der Waals surface area contributed by atoms with Gasteiger partial charge in [0.15, 0.2) is 17.6 Å². The van der Waals surface area contributed by atoms with E-state index < -0.39 is 0 Å². The molecule has 2 heterocycles. The van der Waals surface area contributed by atoms with Gasteiger partial charge in [-0.15, -0.1) is 0 Å². The van der Waals surface area contributed by atoms with E-state index in [0.29, 0.717) is 25.4 Å². The number of anilines is 1. The highest BCUT2D eigenvalue weighted by Gasteiger charge is 2.21. The monoisotopic (exact) mass is 342 g/mol. The van der Waals surface area contributed by atoms with E-state index in [9.17, 15) is 4.79 Å². The number of para-hydroxylation sites is 2. The van der Waals surface area contributed by atoms with Crippen LogP contribution in [0.1, 0.15) is 5.56 Å². The van der Waals surface area contributed by atoms with Crippen LogP contribution < -0.4 is 25.0 Å². The minimum absolute atomic E-state index is 0.212. The molecule has 1 aliphatic heterocycles. The van der Waals surface area contributed by atoms with Crippen molar-refractivity contribution in [2.75, 3.05) is 32.1 Å². The quantitative estimate of drug-likeness (QED) is 0.866. The molecule has 0 aliphatic carbocycles. The molecular weight excluding hydrogens is 320 g/mol. The summed E-state index contributed by atoms with van der Waals surface area (Å²) < 4.78 is 11.4. The normalized spacial score (nSPS) is 15.4. The molecular formula is C18H22N4O3. The van der Waals surface area contributed by atoms with Crippen molar-refractivity contribution in [2.45, 2.75) is 12.6 Å². The van der Waals surface area contributed by atoms with Gasteiger partial charge in [-0.2, -0.15) is 0 Å². The van der Waals surface area contributed by atoms with E-state index in [-0.39, 0.29) is 12.1 Å². The summed E-state index contributed by atoms with van der Waals surface area (Å²) in [6.07, 6.45) is 1.52. The number of ether oxygens (including phenoxy) is 2. The van der Waals surface area contributed by atoms with Crippen molar-refractivity contribution >= 4 is 11.8 Å². The molecule has 1 atom stereocenters. The Morgan fingerprint density at radius 2 is 2.00 bits per heavy atom. The van der Waals surface area contributed by atoms with Gasteiger partial charge in [0, 0.05) is 32.4 Å². The predicted octanol–water partition coefficient (Wildman–Crippen LogP) is 1.79. The fourth-order valence-corrected chi connectivity index (χ4v) is 2.58. The highest BCUT2D eigenvalue weighted by atomic mass is 16.6. The first-order valence-corrected chi connectivity index (χ1v) is 8.15. The zero-order valence-electron chi connectivity index (χ0n) is 14.4. The lowest BCUT2D eigenvalue weighted by atomic mass is 10.2. The number of fused-ring (bicyclic) bond motifs is 1. The summed E-state index contributed by atoms with van der Waals surface area (Å²) >= 11 is 0. The van der Waals surface area contributed by atoms with E-state index in [1.165, 1.54) is 0 Å². The van der Waals surface area contributed by atoms with Crippen molar-refractivity contribution < 1.29 is 14.3 Å². The summed E-state index contributed by atoms with van der Waals surface area (Å²) in [4.78, 5) is 18.3. The minimum Gasteiger partial charge on any atom is -0.486 e. The zero-order chi connectivity index (χ0) is 17.6. The summed E-state index contributed by atoms with van der Waals surface area (Å²) in [5.74, 6) is 2.27. The van der Waals surface area contributed by atoms with Crippen LogP contribution >= 0.6 is 0 Å². The second-order valence-electron chi connectivity index (χ2n) is 5.94. The van der Waals surface area contributed by atoms with E-state index in [4.69, 9.17) is 9.47 Å². The van der Waals surface area contributed by atoms with Gasteiger partial charge in [0.1, 0.15) is 12.4 Å². The molecule has 0 fully saturated rings. The largest absolute Gasteiger partial charge is 0.486 e. The number of carbonyl (C=O) groups excluding carboxylic acids is 1. The van der Waals surface area contributed by atoms with Gasteiger partial charge in [0.25, 0.3) is 0 Å². The molecule has 7 heteroatoms. The van der Waals surface area contributed by atoms with E-state index >= 15 is 0 Å². The maximum absolute atomic E-state index is 12.0. The first-order valence-electron chi connectivity index (χ1n) is 8.15. The summed E-state index contributed by atoms with van der Waals surface area (Å²) in [5, 5.41) is 5.65. The zero-order valence-corrected chi connectivity index (χ0v) is 14.4. The Morgan fingerprint density at radius 3 is 2.80 bits per heavy atom. The number of amides is 2. The van der Waals surface area contributed by atoms with Crippen molar-refractivity contribution in [3.63, 3.8) is 0 Å². The Bertz CT molecular complexity index is 736. The van der Waals surface area contributed by atoms with Crippen molar-refractivity contribution in [3.8, 4) is 11.5 Å². The van der Waals surface area contributed by atoms with Gasteiger partial charge in [-0.1, -0.05) is 18.2 Å². The lowest BCUT2D eigenvalue weighted by Gasteiger charge is -2.26. The Balaban J connectivity index is 1.46. The average molecular weight is 342 g/mol. The highest BCUT2D eigenvalue weighted by Crippen LogP contribution is 2.30. The number of benzene rings is 1. The van der Waals surface area contributed by atoms with Crippen LogP contribution in [-0.2, 0) is 6.54 Å². The van der Waals surface area contributed by atoms with Crippen LogP contribution in [0.25, 0.3) is 0 Å². The van der Waals surface area contributed by atoms with E-state index in [1.807, 2.05) is 55.4 Å². The highest BCUT2D eigenvalue weighted by molar-refractivity contribution is 5.74. The van der Waals surface area contributed by atoms with Crippen LogP contribution in [0.5, 0.6) is 11.5 Å². The molecule has 7 nitrogen and oxygen atoms in total. The van der Waals surface area contributed by atoms with Gasteiger partial charge in [0.2, 0.25) is 0 Å². The first-order chi connectivity index (χ1) is 12.1. The maximum atomic E-state index is 12.0. The number of nitrogens with zero attached hydrogens (tertiary/aromatic N) is 2. The summed E-state index contributed by atoms with van der Waals surface area (Å²) in [6, 6.07) is 11.0. The second-order valence-corrected chi connectivity index (χ2v) is 5.94. The number of pyridine rings is 1. The van der Waals surface area contributed by atoms with Gasteiger partial charge in [-0.3, -0.25) is 0 Å². The lowest BCUT2D eigenvalue weighted by Crippen LogP contribution is -2.44. The number of nitrogens with one attached hydrogen (secondary N) is 2. The molecule has 0 saturated heterocycles. The maximum Gasteiger partial charge on any atom is 0.315 e. The number of aromatic nitrogens is 1. The molecule has 1 aliphatic rings. The van der Waals surface area contributed by atoms with Crippen LogP contribution in [0.15, 0.2) is 42.6 Å². The third-order valence-electron chi connectivity index (χ3n) is 3.79. The molecule has 2 aromatic rings. The molecule has 3 rings (SSSR count). The molecule has 0 radical (unpaired) electrons. The number of hydrogen-bond acceptors (Lipinski definition) is 5. The van der Waals surface area contributed by atoms with E-state index in [0.717, 1.165) is 17.1 Å². The SMILES string of the molecule is CN(C)c1ncccc1CNC(=O)NC[C@H]1COc2ccccc2O1. The molecule has 1 aromatic heterocycles. The third-order valence-corrected chi connectivity index (χ3v) is 3.79. The van der Waals surface area contributed by atoms with E-state index in [2.05, 4.69) is 15.6 Å². The first kappa shape index (κ1) is 16.9. The Hall–Kier alpha value is -2.96. The topological polar surface area (TPSA) is 75.7 Å². The number of hydrogen-bond donors (Lipinski definition) is 2. The average Bonchev–Trinajstić information content (AvgIpc) is 2.64. The minimum atomic E-state index is -0.254. The second kappa shape index (κ2) is 7.74. The van der Waals surface area contributed by atoms with Gasteiger partial charge >= 0.3 is 6.03 Å². The summed E-state index contributed by atoms with van der Waals surface area (Å²) in [5.41, 5.74) is 0.953. The van der Waals surface area contributed by atoms with Crippen molar-refractivity contribution in [1.82, 2.24) is 15.6 Å².